The monoisotopic (exact) mass is 186 g/mol. The van der Waals surface area contributed by atoms with Gasteiger partial charge in [-0.15, -0.1) is 0 Å². The van der Waals surface area contributed by atoms with E-state index in [9.17, 15) is 0 Å². The lowest BCUT2D eigenvalue weighted by molar-refractivity contribution is 0.248. The molecule has 0 aromatic rings. The minimum Gasteiger partial charge on any atom is -0.395 e. The second-order valence-corrected chi connectivity index (χ2v) is 3.94. The van der Waals surface area contributed by atoms with Gasteiger partial charge in [0.1, 0.15) is 0 Å². The molecular formula is C10H22N2O. The van der Waals surface area contributed by atoms with Gasteiger partial charge in [-0.3, -0.25) is 0 Å². The van der Waals surface area contributed by atoms with Crippen LogP contribution in [-0.2, 0) is 0 Å². The summed E-state index contributed by atoms with van der Waals surface area (Å²) in [6, 6.07) is 0.249. The Morgan fingerprint density at radius 1 is 1.38 bits per heavy atom. The van der Waals surface area contributed by atoms with Gasteiger partial charge >= 0.3 is 0 Å². The first-order valence-corrected chi connectivity index (χ1v) is 5.39. The molecule has 0 spiro atoms. The zero-order chi connectivity index (χ0) is 9.52. The molecule has 0 saturated carbocycles. The summed E-state index contributed by atoms with van der Waals surface area (Å²) >= 11 is 0. The third kappa shape index (κ3) is 4.60. The van der Waals surface area contributed by atoms with E-state index in [1.165, 1.54) is 38.9 Å². The Bertz CT molecular complexity index is 124. The van der Waals surface area contributed by atoms with Crippen molar-refractivity contribution in [3.63, 3.8) is 0 Å². The van der Waals surface area contributed by atoms with E-state index in [4.69, 9.17) is 5.11 Å². The standard InChI is InChI=1S/C10H22N2O/c1-10(9-13)11-5-4-8-12-6-2-3-7-12/h10-11,13H,2-9H2,1H3. The number of nitrogens with zero attached hydrogens (tertiary/aromatic N) is 1. The molecule has 0 aliphatic carbocycles. The van der Waals surface area contributed by atoms with Crippen molar-refractivity contribution in [2.24, 2.45) is 0 Å². The van der Waals surface area contributed by atoms with Gasteiger partial charge in [0.2, 0.25) is 0 Å². The van der Waals surface area contributed by atoms with Gasteiger partial charge in [-0.1, -0.05) is 0 Å². The zero-order valence-corrected chi connectivity index (χ0v) is 8.63. The first-order chi connectivity index (χ1) is 6.33. The number of likely N-dealkylation sites (tertiary alicyclic amines) is 1. The topological polar surface area (TPSA) is 35.5 Å². The summed E-state index contributed by atoms with van der Waals surface area (Å²) in [5.41, 5.74) is 0. The molecule has 3 nitrogen and oxygen atoms in total. The Balaban J connectivity index is 1.88. The molecule has 0 aromatic carbocycles. The van der Waals surface area contributed by atoms with Crippen molar-refractivity contribution in [3.8, 4) is 0 Å². The fourth-order valence-electron chi connectivity index (χ4n) is 1.72. The quantitative estimate of drug-likeness (QED) is 0.591. The average molecular weight is 186 g/mol. The van der Waals surface area contributed by atoms with Gasteiger partial charge in [0, 0.05) is 6.04 Å². The van der Waals surface area contributed by atoms with Gasteiger partial charge in [0.15, 0.2) is 0 Å². The molecular weight excluding hydrogens is 164 g/mol. The van der Waals surface area contributed by atoms with Crippen LogP contribution in [0.3, 0.4) is 0 Å². The molecule has 1 aliphatic rings. The smallest absolute Gasteiger partial charge is 0.0581 e. The molecule has 0 bridgehead atoms. The zero-order valence-electron chi connectivity index (χ0n) is 8.63. The number of aliphatic hydroxyl groups is 1. The van der Waals surface area contributed by atoms with Crippen molar-refractivity contribution in [1.82, 2.24) is 10.2 Å². The largest absolute Gasteiger partial charge is 0.395 e. The molecule has 78 valence electrons. The van der Waals surface area contributed by atoms with E-state index in [2.05, 4.69) is 10.2 Å². The van der Waals surface area contributed by atoms with Gasteiger partial charge in [0.25, 0.3) is 0 Å². The van der Waals surface area contributed by atoms with Gasteiger partial charge in [0.05, 0.1) is 6.61 Å². The van der Waals surface area contributed by atoms with E-state index >= 15 is 0 Å². The fraction of sp³-hybridized carbons (Fsp3) is 1.00. The normalized spacial score (nSPS) is 20.8. The molecule has 1 atom stereocenters. The maximum absolute atomic E-state index is 8.77. The third-order valence-electron chi connectivity index (χ3n) is 2.62. The number of aliphatic hydroxyl groups excluding tert-OH is 1. The predicted molar refractivity (Wildman–Crippen MR) is 54.8 cm³/mol. The van der Waals surface area contributed by atoms with Crippen LogP contribution in [0.5, 0.6) is 0 Å². The van der Waals surface area contributed by atoms with E-state index in [1.807, 2.05) is 6.92 Å². The summed E-state index contributed by atoms with van der Waals surface area (Å²) in [6.45, 7) is 7.06. The Morgan fingerprint density at radius 3 is 2.69 bits per heavy atom. The lowest BCUT2D eigenvalue weighted by atomic mass is 10.3. The average Bonchev–Trinajstić information content (AvgIpc) is 2.64. The highest BCUT2D eigenvalue weighted by Crippen LogP contribution is 2.06. The SMILES string of the molecule is CC(CO)NCCCN1CCCC1. The van der Waals surface area contributed by atoms with E-state index in [0.717, 1.165) is 6.54 Å². The summed E-state index contributed by atoms with van der Waals surface area (Å²) < 4.78 is 0. The highest BCUT2D eigenvalue weighted by atomic mass is 16.3. The summed E-state index contributed by atoms with van der Waals surface area (Å²) in [7, 11) is 0. The van der Waals surface area contributed by atoms with Crippen molar-refractivity contribution in [1.29, 1.82) is 0 Å². The van der Waals surface area contributed by atoms with Crippen LogP contribution in [-0.4, -0.2) is 48.8 Å². The van der Waals surface area contributed by atoms with Gasteiger partial charge < -0.3 is 15.3 Å². The van der Waals surface area contributed by atoms with E-state index < -0.39 is 0 Å². The van der Waals surface area contributed by atoms with Crippen molar-refractivity contribution in [2.45, 2.75) is 32.2 Å². The maximum Gasteiger partial charge on any atom is 0.0581 e. The molecule has 0 aromatic heterocycles. The first-order valence-electron chi connectivity index (χ1n) is 5.39. The first kappa shape index (κ1) is 11.0. The highest BCUT2D eigenvalue weighted by Gasteiger charge is 2.10. The van der Waals surface area contributed by atoms with Crippen LogP contribution in [0.1, 0.15) is 26.2 Å². The Kier molecular flexibility index (Phi) is 5.35. The van der Waals surface area contributed by atoms with Crippen LogP contribution in [0, 0.1) is 0 Å². The van der Waals surface area contributed by atoms with E-state index in [-0.39, 0.29) is 12.6 Å². The van der Waals surface area contributed by atoms with Gasteiger partial charge in [-0.2, -0.15) is 0 Å². The Labute approximate surface area is 81.1 Å². The summed E-state index contributed by atoms with van der Waals surface area (Å²) in [5.74, 6) is 0. The lowest BCUT2D eigenvalue weighted by Gasteiger charge is -2.15. The van der Waals surface area contributed by atoms with Crippen LogP contribution in [0.15, 0.2) is 0 Å². The predicted octanol–water partition coefficient (Wildman–Crippen LogP) is 0.443. The van der Waals surface area contributed by atoms with Crippen molar-refractivity contribution in [2.75, 3.05) is 32.8 Å². The van der Waals surface area contributed by atoms with Gasteiger partial charge in [-0.05, 0) is 52.4 Å². The second-order valence-electron chi connectivity index (χ2n) is 3.94. The molecule has 1 unspecified atom stereocenters. The lowest BCUT2D eigenvalue weighted by Crippen LogP contribution is -2.32. The van der Waals surface area contributed by atoms with Crippen LogP contribution >= 0.6 is 0 Å². The maximum atomic E-state index is 8.77. The molecule has 13 heavy (non-hydrogen) atoms. The fourth-order valence-corrected chi connectivity index (χ4v) is 1.72. The summed E-state index contributed by atoms with van der Waals surface area (Å²) in [5, 5.41) is 12.1. The van der Waals surface area contributed by atoms with Crippen LogP contribution < -0.4 is 5.32 Å². The second kappa shape index (κ2) is 6.35. The molecule has 3 heteroatoms. The van der Waals surface area contributed by atoms with Crippen LogP contribution in [0.4, 0.5) is 0 Å². The molecule has 2 N–H and O–H groups in total. The number of hydrogen-bond donors (Lipinski definition) is 2. The molecule has 1 aliphatic heterocycles. The Hall–Kier alpha value is -0.120. The van der Waals surface area contributed by atoms with E-state index in [0.29, 0.717) is 0 Å². The Morgan fingerprint density at radius 2 is 2.08 bits per heavy atom. The minimum atomic E-state index is 0.240. The molecule has 0 amide bonds. The van der Waals surface area contributed by atoms with Crippen molar-refractivity contribution in [3.05, 3.63) is 0 Å². The van der Waals surface area contributed by atoms with Crippen LogP contribution in [0.25, 0.3) is 0 Å². The molecule has 1 saturated heterocycles. The number of hydrogen-bond acceptors (Lipinski definition) is 3. The molecule has 1 heterocycles. The summed E-state index contributed by atoms with van der Waals surface area (Å²) in [4.78, 5) is 2.52. The minimum absolute atomic E-state index is 0.240. The van der Waals surface area contributed by atoms with E-state index in [1.54, 1.807) is 0 Å². The third-order valence-corrected chi connectivity index (χ3v) is 2.62. The number of nitrogens with one attached hydrogen (secondary N) is 1. The molecule has 1 rings (SSSR count). The van der Waals surface area contributed by atoms with Crippen molar-refractivity contribution >= 4 is 0 Å². The highest BCUT2D eigenvalue weighted by molar-refractivity contribution is 4.67. The van der Waals surface area contributed by atoms with Crippen LogP contribution in [0.2, 0.25) is 0 Å². The van der Waals surface area contributed by atoms with Crippen molar-refractivity contribution < 1.29 is 5.11 Å². The molecule has 1 fully saturated rings. The number of rotatable bonds is 6. The van der Waals surface area contributed by atoms with Gasteiger partial charge in [-0.25, -0.2) is 0 Å². The summed E-state index contributed by atoms with van der Waals surface area (Å²) in [6.07, 6.45) is 3.95. The molecule has 0 radical (unpaired) electrons.